The highest BCUT2D eigenvalue weighted by Gasteiger charge is 2.54. The lowest BCUT2D eigenvalue weighted by molar-refractivity contribution is -0.111. The van der Waals surface area contributed by atoms with Crippen LogP contribution >= 0.6 is 11.6 Å². The van der Waals surface area contributed by atoms with E-state index in [9.17, 15) is 9.90 Å². The van der Waals surface area contributed by atoms with E-state index in [1.807, 2.05) is 6.92 Å². The monoisotopic (exact) mass is 584 g/mol. The Balaban J connectivity index is 1.44. The number of morpholine rings is 1. The first kappa shape index (κ1) is 29.7. The van der Waals surface area contributed by atoms with E-state index in [1.165, 1.54) is 19.8 Å². The molecule has 10 nitrogen and oxygen atoms in total. The lowest BCUT2D eigenvalue weighted by Gasteiger charge is -2.61. The number of aromatic nitrogens is 2. The maximum Gasteiger partial charge on any atom is 0.163 e. The van der Waals surface area contributed by atoms with Crippen molar-refractivity contribution in [3.05, 3.63) is 40.2 Å². The van der Waals surface area contributed by atoms with Gasteiger partial charge in [-0.2, -0.15) is 0 Å². The SMILES string of the molecule is CNC[C@@H](O)COc1ccc(Cl)c(-c2nc(C(C(C)=O)=C(C)N)c(C)c(N3CC4(CC(N5CCOCC5)C4)C3)n2)c1. The standard InChI is InChI=1S/C30H41ClN6O4/c1-18-27(26(19(2)32)20(3)38)34-28(24-11-23(5-6-25(24)31)41-15-22(39)14-33-4)35-29(18)37-16-30(17-37)12-21(13-30)36-7-9-40-10-8-36/h5-6,11,21-22,33,39H,7-10,12-17,32H2,1-4H3/t22-/m1/s1. The zero-order valence-electron chi connectivity index (χ0n) is 24.4. The quantitative estimate of drug-likeness (QED) is 0.359. The average Bonchev–Trinajstić information content (AvgIpc) is 2.89. The normalized spacial score (nSPS) is 20.3. The molecule has 11 heteroatoms. The molecule has 0 amide bonds. The minimum atomic E-state index is -0.656. The molecule has 2 aromatic rings. The predicted octanol–water partition coefficient (Wildman–Crippen LogP) is 2.64. The Kier molecular flexibility index (Phi) is 8.87. The van der Waals surface area contributed by atoms with Gasteiger partial charge >= 0.3 is 0 Å². The Labute approximate surface area is 246 Å². The Morgan fingerprint density at radius 1 is 1.27 bits per heavy atom. The molecule has 3 aliphatic rings. The molecule has 1 spiro atoms. The highest BCUT2D eigenvalue weighted by molar-refractivity contribution is 6.33. The number of allylic oxidation sites excluding steroid dienone is 2. The number of benzene rings is 1. The van der Waals surface area contributed by atoms with Gasteiger partial charge in [0, 0.05) is 61.0 Å². The van der Waals surface area contributed by atoms with Gasteiger partial charge < -0.3 is 30.5 Å². The van der Waals surface area contributed by atoms with Crippen LogP contribution in [-0.4, -0.2) is 97.5 Å². The van der Waals surface area contributed by atoms with Crippen molar-refractivity contribution >= 4 is 28.8 Å². The van der Waals surface area contributed by atoms with Crippen LogP contribution in [-0.2, 0) is 9.53 Å². The maximum atomic E-state index is 12.7. The van der Waals surface area contributed by atoms with E-state index in [0.29, 0.717) is 57.1 Å². The fourth-order valence-electron chi connectivity index (χ4n) is 6.37. The number of hydrogen-bond donors (Lipinski definition) is 3. The van der Waals surface area contributed by atoms with Crippen LogP contribution in [0.15, 0.2) is 23.9 Å². The lowest BCUT2D eigenvalue weighted by Crippen LogP contribution is -2.67. The minimum absolute atomic E-state index is 0.123. The van der Waals surface area contributed by atoms with Crippen molar-refractivity contribution < 1.29 is 19.4 Å². The Bertz CT molecular complexity index is 1310. The minimum Gasteiger partial charge on any atom is -0.491 e. The van der Waals surface area contributed by atoms with Gasteiger partial charge in [0.2, 0.25) is 0 Å². The van der Waals surface area contributed by atoms with Gasteiger partial charge in [0.15, 0.2) is 11.6 Å². The number of anilines is 1. The van der Waals surface area contributed by atoms with Crippen molar-refractivity contribution in [2.24, 2.45) is 11.1 Å². The number of hydrogen-bond acceptors (Lipinski definition) is 10. The number of carbonyl (C=O) groups excluding carboxylic acids is 1. The van der Waals surface area contributed by atoms with Crippen LogP contribution in [0.3, 0.4) is 0 Å². The van der Waals surface area contributed by atoms with Crippen LogP contribution in [0.4, 0.5) is 5.82 Å². The molecule has 4 N–H and O–H groups in total. The molecule has 41 heavy (non-hydrogen) atoms. The first-order valence-electron chi connectivity index (χ1n) is 14.3. The summed E-state index contributed by atoms with van der Waals surface area (Å²) in [4.78, 5) is 27.4. The van der Waals surface area contributed by atoms with Crippen LogP contribution < -0.4 is 20.7 Å². The number of aliphatic hydroxyl groups excluding tert-OH is 1. The number of rotatable bonds is 10. The summed E-state index contributed by atoms with van der Waals surface area (Å²) in [6.07, 6.45) is 1.70. The summed E-state index contributed by atoms with van der Waals surface area (Å²) in [5.41, 5.74) is 9.21. The maximum absolute atomic E-state index is 12.7. The van der Waals surface area contributed by atoms with Crippen molar-refractivity contribution in [3.8, 4) is 17.1 Å². The molecule has 2 saturated heterocycles. The third-order valence-electron chi connectivity index (χ3n) is 8.42. The molecule has 1 aliphatic carbocycles. The molecule has 3 heterocycles. The molecule has 5 rings (SSSR count). The molecule has 1 atom stereocenters. The summed E-state index contributed by atoms with van der Waals surface area (Å²) < 4.78 is 11.4. The summed E-state index contributed by atoms with van der Waals surface area (Å²) in [6.45, 7) is 11.2. The van der Waals surface area contributed by atoms with E-state index >= 15 is 0 Å². The summed E-state index contributed by atoms with van der Waals surface area (Å²) in [6, 6.07) is 5.88. The van der Waals surface area contributed by atoms with E-state index < -0.39 is 6.10 Å². The Morgan fingerprint density at radius 2 is 1.98 bits per heavy atom. The number of aliphatic hydroxyl groups is 1. The van der Waals surface area contributed by atoms with Crippen LogP contribution in [0.1, 0.15) is 37.9 Å². The second-order valence-corrected chi connectivity index (χ2v) is 12.1. The van der Waals surface area contributed by atoms with Gasteiger partial charge in [0.05, 0.1) is 29.5 Å². The zero-order valence-corrected chi connectivity index (χ0v) is 25.1. The van der Waals surface area contributed by atoms with E-state index in [2.05, 4.69) is 15.1 Å². The first-order valence-corrected chi connectivity index (χ1v) is 14.7. The van der Waals surface area contributed by atoms with Gasteiger partial charge in [-0.3, -0.25) is 9.69 Å². The fourth-order valence-corrected chi connectivity index (χ4v) is 6.57. The molecule has 0 unspecified atom stereocenters. The van der Waals surface area contributed by atoms with E-state index in [4.69, 9.17) is 36.8 Å². The number of ether oxygens (including phenoxy) is 2. The number of Topliss-reactive ketones (excluding diaryl/α,β-unsaturated/α-hetero) is 1. The highest BCUT2D eigenvalue weighted by Crippen LogP contribution is 2.52. The van der Waals surface area contributed by atoms with E-state index in [0.717, 1.165) is 50.8 Å². The van der Waals surface area contributed by atoms with Crippen molar-refractivity contribution in [3.63, 3.8) is 0 Å². The van der Waals surface area contributed by atoms with Gasteiger partial charge in [-0.25, -0.2) is 9.97 Å². The first-order chi connectivity index (χ1) is 19.6. The number of halogens is 1. The molecule has 3 fully saturated rings. The van der Waals surface area contributed by atoms with Gasteiger partial charge in [0.1, 0.15) is 24.3 Å². The molecular weight excluding hydrogens is 544 g/mol. The summed E-state index contributed by atoms with van der Waals surface area (Å²) in [5, 5.41) is 13.5. The summed E-state index contributed by atoms with van der Waals surface area (Å²) in [7, 11) is 1.77. The van der Waals surface area contributed by atoms with Gasteiger partial charge in [-0.15, -0.1) is 0 Å². The van der Waals surface area contributed by atoms with Crippen molar-refractivity contribution in [1.82, 2.24) is 20.2 Å². The molecular formula is C30H41ClN6O4. The molecule has 1 saturated carbocycles. The topological polar surface area (TPSA) is 126 Å². The van der Waals surface area contributed by atoms with E-state index in [1.54, 1.807) is 32.2 Å². The van der Waals surface area contributed by atoms with Crippen molar-refractivity contribution in [1.29, 1.82) is 0 Å². The number of nitrogens with one attached hydrogen (secondary N) is 1. The van der Waals surface area contributed by atoms with Gasteiger partial charge in [-0.05, 0) is 58.9 Å². The Morgan fingerprint density at radius 3 is 2.61 bits per heavy atom. The number of carbonyl (C=O) groups is 1. The zero-order chi connectivity index (χ0) is 29.3. The summed E-state index contributed by atoms with van der Waals surface area (Å²) >= 11 is 6.66. The second-order valence-electron chi connectivity index (χ2n) is 11.7. The van der Waals surface area contributed by atoms with Crippen LogP contribution in [0.25, 0.3) is 17.0 Å². The Hall–Kier alpha value is -2.76. The molecule has 2 aliphatic heterocycles. The lowest BCUT2D eigenvalue weighted by atomic mass is 9.60. The van der Waals surface area contributed by atoms with Crippen molar-refractivity contribution in [2.45, 2.75) is 45.8 Å². The second kappa shape index (κ2) is 12.2. The van der Waals surface area contributed by atoms with Crippen molar-refractivity contribution in [2.75, 3.05) is 64.5 Å². The largest absolute Gasteiger partial charge is 0.491 e. The van der Waals surface area contributed by atoms with E-state index in [-0.39, 0.29) is 12.4 Å². The van der Waals surface area contributed by atoms with Gasteiger partial charge in [0.25, 0.3) is 0 Å². The number of nitrogens with zero attached hydrogens (tertiary/aromatic N) is 4. The predicted molar refractivity (Wildman–Crippen MR) is 160 cm³/mol. The summed E-state index contributed by atoms with van der Waals surface area (Å²) in [5.74, 6) is 1.57. The number of nitrogens with two attached hydrogens (primary N) is 1. The van der Waals surface area contributed by atoms with Crippen LogP contribution in [0.5, 0.6) is 5.75 Å². The third-order valence-corrected chi connectivity index (χ3v) is 8.75. The number of likely N-dealkylation sites (N-methyl/N-ethyl adjacent to an activating group) is 1. The molecule has 222 valence electrons. The molecule has 1 aromatic carbocycles. The molecule has 1 aromatic heterocycles. The smallest absolute Gasteiger partial charge is 0.163 e. The van der Waals surface area contributed by atoms with Gasteiger partial charge in [-0.1, -0.05) is 11.6 Å². The third kappa shape index (κ3) is 6.22. The van der Waals surface area contributed by atoms with Crippen LogP contribution in [0, 0.1) is 12.3 Å². The van der Waals surface area contributed by atoms with Crippen LogP contribution in [0.2, 0.25) is 5.02 Å². The molecule has 0 bridgehead atoms. The fraction of sp³-hybridized carbons (Fsp3) is 0.567. The number of ketones is 1. The highest BCUT2D eigenvalue weighted by atomic mass is 35.5. The average molecular weight is 585 g/mol. The molecule has 0 radical (unpaired) electrons.